The summed E-state index contributed by atoms with van der Waals surface area (Å²) in [6, 6.07) is 15.6. The van der Waals surface area contributed by atoms with Gasteiger partial charge in [0.15, 0.2) is 11.6 Å². The average Bonchev–Trinajstić information content (AvgIpc) is 3.43. The summed E-state index contributed by atoms with van der Waals surface area (Å²) in [5.41, 5.74) is 3.71. The number of anilines is 1. The monoisotopic (exact) mass is 413 g/mol. The van der Waals surface area contributed by atoms with Crippen LogP contribution in [0.4, 0.5) is 5.69 Å². The van der Waals surface area contributed by atoms with Gasteiger partial charge in [-0.15, -0.1) is 0 Å². The van der Waals surface area contributed by atoms with Crippen LogP contribution in [0, 0.1) is 0 Å². The first-order chi connectivity index (χ1) is 15.3. The molecule has 0 fully saturated rings. The topological polar surface area (TPSA) is 72.1 Å². The number of ketones is 1. The van der Waals surface area contributed by atoms with Crippen molar-refractivity contribution in [1.29, 1.82) is 0 Å². The lowest BCUT2D eigenvalue weighted by Gasteiger charge is -2.28. The van der Waals surface area contributed by atoms with Gasteiger partial charge in [-0.1, -0.05) is 30.3 Å². The first-order valence-corrected chi connectivity index (χ1v) is 10.4. The lowest BCUT2D eigenvalue weighted by molar-refractivity contribution is -0.120. The number of imidazole rings is 1. The van der Waals surface area contributed by atoms with Gasteiger partial charge in [0, 0.05) is 23.6 Å². The molecule has 0 N–H and O–H groups in total. The number of hydrogen-bond acceptors (Lipinski definition) is 6. The summed E-state index contributed by atoms with van der Waals surface area (Å²) >= 11 is 0. The van der Waals surface area contributed by atoms with Crippen LogP contribution in [0.2, 0.25) is 0 Å². The van der Waals surface area contributed by atoms with E-state index in [2.05, 4.69) is 16.0 Å². The summed E-state index contributed by atoms with van der Waals surface area (Å²) in [6.45, 7) is 3.70. The molecular formula is C24H23N5O2. The molecule has 2 aliphatic rings. The van der Waals surface area contributed by atoms with Crippen molar-refractivity contribution >= 4 is 23.0 Å². The molecule has 156 valence electrons. The van der Waals surface area contributed by atoms with E-state index in [0.717, 1.165) is 34.1 Å². The molecular weight excluding hydrogens is 390 g/mol. The number of fused-ring (bicyclic) bond motifs is 3. The van der Waals surface area contributed by atoms with Crippen LogP contribution < -0.4 is 9.64 Å². The first kappa shape index (κ1) is 19.2. The highest BCUT2D eigenvalue weighted by atomic mass is 16.5. The van der Waals surface area contributed by atoms with Crippen LogP contribution in [0.25, 0.3) is 0 Å². The Morgan fingerprint density at radius 1 is 1.13 bits per heavy atom. The van der Waals surface area contributed by atoms with Crippen molar-refractivity contribution in [1.82, 2.24) is 9.55 Å². The second-order valence-corrected chi connectivity index (χ2v) is 7.47. The van der Waals surface area contributed by atoms with Gasteiger partial charge in [-0.3, -0.25) is 14.8 Å². The third-order valence-corrected chi connectivity index (χ3v) is 5.54. The predicted molar refractivity (Wildman–Crippen MR) is 120 cm³/mol. The van der Waals surface area contributed by atoms with E-state index in [-0.39, 0.29) is 18.4 Å². The fourth-order valence-electron chi connectivity index (χ4n) is 4.12. The van der Waals surface area contributed by atoms with Crippen molar-refractivity contribution in [2.24, 2.45) is 9.98 Å². The lowest BCUT2D eigenvalue weighted by atomic mass is 10.1. The maximum absolute atomic E-state index is 13.3. The first-order valence-electron chi connectivity index (χ1n) is 10.4. The van der Waals surface area contributed by atoms with Gasteiger partial charge < -0.3 is 14.2 Å². The van der Waals surface area contributed by atoms with Gasteiger partial charge in [-0.2, -0.15) is 0 Å². The summed E-state index contributed by atoms with van der Waals surface area (Å²) in [7, 11) is 0. The highest BCUT2D eigenvalue weighted by molar-refractivity contribution is 6.53. The molecule has 0 aliphatic carbocycles. The Morgan fingerprint density at radius 3 is 2.81 bits per heavy atom. The molecule has 0 saturated carbocycles. The molecule has 2 aliphatic heterocycles. The fourth-order valence-corrected chi connectivity index (χ4v) is 4.12. The van der Waals surface area contributed by atoms with E-state index in [1.165, 1.54) is 0 Å². The van der Waals surface area contributed by atoms with Crippen LogP contribution in [-0.2, 0) is 17.9 Å². The van der Waals surface area contributed by atoms with Crippen LogP contribution in [0.1, 0.15) is 18.1 Å². The maximum atomic E-state index is 13.3. The van der Waals surface area contributed by atoms with Gasteiger partial charge in [0.05, 0.1) is 32.6 Å². The highest BCUT2D eigenvalue weighted by Crippen LogP contribution is 2.33. The van der Waals surface area contributed by atoms with Crippen LogP contribution in [-0.4, -0.2) is 46.1 Å². The van der Waals surface area contributed by atoms with Crippen molar-refractivity contribution in [3.05, 3.63) is 78.4 Å². The van der Waals surface area contributed by atoms with Crippen molar-refractivity contribution < 1.29 is 9.53 Å². The molecule has 0 amide bonds. The van der Waals surface area contributed by atoms with Crippen LogP contribution in [0.15, 0.2) is 77.2 Å². The van der Waals surface area contributed by atoms with E-state index >= 15 is 0 Å². The Hall–Kier alpha value is -3.74. The van der Waals surface area contributed by atoms with E-state index in [1.807, 2.05) is 49.4 Å². The third-order valence-electron chi connectivity index (χ3n) is 5.54. The Labute approximate surface area is 180 Å². The summed E-state index contributed by atoms with van der Waals surface area (Å²) in [4.78, 5) is 29.1. The molecule has 0 saturated heterocycles. The Kier molecular flexibility index (Phi) is 5.08. The molecule has 1 unspecified atom stereocenters. The minimum atomic E-state index is -0.388. The summed E-state index contributed by atoms with van der Waals surface area (Å²) in [5, 5.41) is 0. The number of aliphatic imine (C=N–C) groups is 2. The highest BCUT2D eigenvalue weighted by Gasteiger charge is 2.39. The van der Waals surface area contributed by atoms with E-state index in [0.29, 0.717) is 19.7 Å². The van der Waals surface area contributed by atoms with Crippen LogP contribution in [0.3, 0.4) is 0 Å². The lowest BCUT2D eigenvalue weighted by Crippen LogP contribution is -2.46. The molecule has 5 rings (SSSR count). The van der Waals surface area contributed by atoms with Crippen LogP contribution >= 0.6 is 0 Å². The number of benzene rings is 2. The minimum Gasteiger partial charge on any atom is -0.493 e. The molecule has 3 heterocycles. The van der Waals surface area contributed by atoms with Crippen molar-refractivity contribution in [2.75, 3.05) is 18.1 Å². The number of carbonyl (C=O) groups excluding carboxylic acids is 1. The minimum absolute atomic E-state index is 0.0888. The largest absolute Gasteiger partial charge is 0.493 e. The zero-order chi connectivity index (χ0) is 21.2. The molecule has 1 aromatic heterocycles. The summed E-state index contributed by atoms with van der Waals surface area (Å²) in [6.07, 6.45) is 5.15. The van der Waals surface area contributed by atoms with Gasteiger partial charge in [0.1, 0.15) is 17.5 Å². The molecule has 1 atom stereocenters. The van der Waals surface area contributed by atoms with Gasteiger partial charge in [0.2, 0.25) is 0 Å². The number of para-hydroxylation sites is 2. The van der Waals surface area contributed by atoms with Crippen molar-refractivity contribution in [3.8, 4) is 5.75 Å². The normalized spacial score (nSPS) is 17.3. The van der Waals surface area contributed by atoms with Crippen LogP contribution in [0.5, 0.6) is 5.75 Å². The van der Waals surface area contributed by atoms with Crippen molar-refractivity contribution in [2.45, 2.75) is 26.1 Å². The number of nitrogens with zero attached hydrogens (tertiary/aromatic N) is 5. The average molecular weight is 413 g/mol. The summed E-state index contributed by atoms with van der Waals surface area (Å²) < 4.78 is 7.66. The Morgan fingerprint density at radius 2 is 1.97 bits per heavy atom. The summed E-state index contributed by atoms with van der Waals surface area (Å²) in [5.74, 6) is 1.58. The number of hydrogen-bond donors (Lipinski definition) is 0. The molecule has 0 bridgehead atoms. The second kappa shape index (κ2) is 8.18. The van der Waals surface area contributed by atoms with Gasteiger partial charge >= 0.3 is 0 Å². The number of ether oxygens (including phenoxy) is 1. The smallest absolute Gasteiger partial charge is 0.177 e. The molecule has 0 spiro atoms. The zero-order valence-electron chi connectivity index (χ0n) is 17.3. The van der Waals surface area contributed by atoms with E-state index < -0.39 is 0 Å². The Balaban J connectivity index is 1.57. The number of aromatic nitrogens is 2. The molecule has 2 aromatic carbocycles. The number of carbonyl (C=O) groups is 1. The quantitative estimate of drug-likeness (QED) is 0.622. The SMILES string of the molecule is CCOc1ccccc1C1=NCc2ccccc2N2C1=NCC2C(=O)Cn1ccnc1. The number of amidine groups is 1. The third kappa shape index (κ3) is 3.52. The zero-order valence-corrected chi connectivity index (χ0v) is 17.3. The van der Waals surface area contributed by atoms with Gasteiger partial charge in [-0.05, 0) is 30.7 Å². The second-order valence-electron chi connectivity index (χ2n) is 7.47. The van der Waals surface area contributed by atoms with Gasteiger partial charge in [0.25, 0.3) is 0 Å². The molecule has 7 heteroatoms. The number of rotatable bonds is 6. The molecule has 7 nitrogen and oxygen atoms in total. The molecule has 31 heavy (non-hydrogen) atoms. The number of Topliss-reactive ketones (excluding diaryl/α,β-unsaturated/α-hetero) is 1. The van der Waals surface area contributed by atoms with E-state index in [9.17, 15) is 4.79 Å². The van der Waals surface area contributed by atoms with E-state index in [1.54, 1.807) is 23.3 Å². The van der Waals surface area contributed by atoms with Crippen molar-refractivity contribution in [3.63, 3.8) is 0 Å². The standard InChI is InChI=1S/C24H23N5O2/c1-2-31-22-10-6-4-8-18(22)23-24-27-14-20(21(30)15-28-12-11-25-16-28)29(24)19-9-5-3-7-17(19)13-26-23/h3-12,16,20H,2,13-15H2,1H3. The maximum Gasteiger partial charge on any atom is 0.177 e. The van der Waals surface area contributed by atoms with Gasteiger partial charge in [-0.25, -0.2) is 4.98 Å². The van der Waals surface area contributed by atoms with E-state index in [4.69, 9.17) is 14.7 Å². The Bertz CT molecular complexity index is 1170. The predicted octanol–water partition coefficient (Wildman–Crippen LogP) is 3.14. The molecule has 3 aromatic rings. The molecule has 0 radical (unpaired) electrons. The fraction of sp³-hybridized carbons (Fsp3) is 0.250.